The van der Waals surface area contributed by atoms with Crippen LogP contribution in [0, 0.1) is 0 Å². The Hall–Kier alpha value is -1.71. The molecule has 98 valence electrons. The van der Waals surface area contributed by atoms with Crippen molar-refractivity contribution in [1.82, 2.24) is 0 Å². The molecule has 0 unspecified atom stereocenters. The van der Waals surface area contributed by atoms with Crippen LogP contribution in [0.2, 0.25) is 10.0 Å². The van der Waals surface area contributed by atoms with Crippen LogP contribution in [0.1, 0.15) is 15.9 Å². The number of anilines is 1. The minimum atomic E-state index is -0.271. The van der Waals surface area contributed by atoms with Gasteiger partial charge in [0.1, 0.15) is 5.75 Å². The molecule has 0 aromatic heterocycles. The molecule has 0 aliphatic rings. The largest absolute Gasteiger partial charge is 0.495 e. The van der Waals surface area contributed by atoms with Gasteiger partial charge < -0.3 is 10.5 Å². The number of carbonyl (C=O) groups is 1. The fourth-order valence-electron chi connectivity index (χ4n) is 1.71. The molecule has 0 atom stereocenters. The molecular weight excluding hydrogens is 285 g/mol. The van der Waals surface area contributed by atoms with E-state index < -0.39 is 0 Å². The number of nitrogens with two attached hydrogens (primary N) is 1. The van der Waals surface area contributed by atoms with Crippen molar-refractivity contribution in [2.45, 2.75) is 0 Å². The lowest BCUT2D eigenvalue weighted by Gasteiger charge is -2.09. The molecule has 0 heterocycles. The SMILES string of the molecule is COc1cc(Cl)c(C(=O)c2ccccc2N)cc1Cl. The Morgan fingerprint density at radius 2 is 1.79 bits per heavy atom. The number of para-hydroxylation sites is 1. The summed E-state index contributed by atoms with van der Waals surface area (Å²) < 4.78 is 5.04. The van der Waals surface area contributed by atoms with Crippen LogP contribution in [0.5, 0.6) is 5.75 Å². The van der Waals surface area contributed by atoms with Crippen molar-refractivity contribution in [1.29, 1.82) is 0 Å². The Morgan fingerprint density at radius 3 is 2.42 bits per heavy atom. The predicted octanol–water partition coefficient (Wildman–Crippen LogP) is 3.82. The smallest absolute Gasteiger partial charge is 0.196 e. The van der Waals surface area contributed by atoms with Crippen LogP contribution in [-0.2, 0) is 0 Å². The first-order valence-electron chi connectivity index (χ1n) is 5.47. The van der Waals surface area contributed by atoms with Gasteiger partial charge in [-0.05, 0) is 18.2 Å². The summed E-state index contributed by atoms with van der Waals surface area (Å²) in [4.78, 5) is 12.4. The maximum Gasteiger partial charge on any atom is 0.196 e. The first kappa shape index (κ1) is 13.7. The van der Waals surface area contributed by atoms with E-state index >= 15 is 0 Å². The topological polar surface area (TPSA) is 52.3 Å². The molecule has 0 spiro atoms. The summed E-state index contributed by atoms with van der Waals surface area (Å²) in [7, 11) is 1.48. The van der Waals surface area contributed by atoms with Crippen molar-refractivity contribution in [3.63, 3.8) is 0 Å². The van der Waals surface area contributed by atoms with Crippen LogP contribution in [0.4, 0.5) is 5.69 Å². The molecule has 2 rings (SSSR count). The van der Waals surface area contributed by atoms with Crippen molar-refractivity contribution < 1.29 is 9.53 Å². The standard InChI is InChI=1S/C14H11Cl2NO2/c1-19-13-7-10(15)9(6-11(13)16)14(18)8-4-2-3-5-12(8)17/h2-7H,17H2,1H3. The normalized spacial score (nSPS) is 10.3. The number of methoxy groups -OCH3 is 1. The minimum absolute atomic E-state index is 0.271. The summed E-state index contributed by atoms with van der Waals surface area (Å²) in [5, 5.41) is 0.597. The van der Waals surface area contributed by atoms with Crippen LogP contribution >= 0.6 is 23.2 Å². The zero-order valence-corrected chi connectivity index (χ0v) is 11.6. The number of rotatable bonds is 3. The monoisotopic (exact) mass is 295 g/mol. The van der Waals surface area contributed by atoms with Crippen LogP contribution < -0.4 is 10.5 Å². The fourth-order valence-corrected chi connectivity index (χ4v) is 2.19. The Kier molecular flexibility index (Phi) is 3.98. The first-order valence-corrected chi connectivity index (χ1v) is 6.22. The second-order valence-electron chi connectivity index (χ2n) is 3.88. The van der Waals surface area contributed by atoms with E-state index in [4.69, 9.17) is 33.7 Å². The van der Waals surface area contributed by atoms with Crippen LogP contribution in [0.3, 0.4) is 0 Å². The second kappa shape index (κ2) is 5.51. The van der Waals surface area contributed by atoms with Crippen molar-refractivity contribution in [2.24, 2.45) is 0 Å². The Balaban J connectivity index is 2.51. The number of hydrogen-bond acceptors (Lipinski definition) is 3. The molecule has 5 heteroatoms. The fraction of sp³-hybridized carbons (Fsp3) is 0.0714. The highest BCUT2D eigenvalue weighted by Crippen LogP contribution is 2.32. The molecule has 2 aromatic carbocycles. The van der Waals surface area contributed by atoms with Gasteiger partial charge in [-0.25, -0.2) is 0 Å². The number of hydrogen-bond donors (Lipinski definition) is 1. The number of halogens is 2. The van der Waals surface area contributed by atoms with E-state index in [-0.39, 0.29) is 10.8 Å². The minimum Gasteiger partial charge on any atom is -0.495 e. The number of nitrogen functional groups attached to an aromatic ring is 1. The number of ketones is 1. The van der Waals surface area contributed by atoms with Crippen LogP contribution in [0.25, 0.3) is 0 Å². The summed E-state index contributed by atoms with van der Waals surface area (Å²) in [5.41, 5.74) is 6.87. The maximum absolute atomic E-state index is 12.4. The van der Waals surface area contributed by atoms with Gasteiger partial charge in [-0.2, -0.15) is 0 Å². The van der Waals surface area contributed by atoms with Gasteiger partial charge in [0, 0.05) is 22.9 Å². The third-order valence-electron chi connectivity index (χ3n) is 2.69. The van der Waals surface area contributed by atoms with Crippen molar-refractivity contribution in [3.05, 3.63) is 57.6 Å². The lowest BCUT2D eigenvalue weighted by atomic mass is 10.0. The van der Waals surface area contributed by atoms with Gasteiger partial charge >= 0.3 is 0 Å². The quantitative estimate of drug-likeness (QED) is 0.692. The molecular formula is C14H11Cl2NO2. The van der Waals surface area contributed by atoms with E-state index in [2.05, 4.69) is 0 Å². The van der Waals surface area contributed by atoms with Crippen LogP contribution in [-0.4, -0.2) is 12.9 Å². The van der Waals surface area contributed by atoms with E-state index in [0.29, 0.717) is 27.6 Å². The van der Waals surface area contributed by atoms with Gasteiger partial charge in [-0.3, -0.25) is 4.79 Å². The van der Waals surface area contributed by atoms with Gasteiger partial charge in [-0.1, -0.05) is 35.3 Å². The summed E-state index contributed by atoms with van der Waals surface area (Å²) >= 11 is 12.1. The molecule has 0 amide bonds. The molecule has 0 saturated carbocycles. The lowest BCUT2D eigenvalue weighted by Crippen LogP contribution is -2.06. The van der Waals surface area contributed by atoms with Crippen molar-refractivity contribution >= 4 is 34.7 Å². The van der Waals surface area contributed by atoms with Crippen molar-refractivity contribution in [3.8, 4) is 5.75 Å². The molecule has 0 aliphatic carbocycles. The number of benzene rings is 2. The van der Waals surface area contributed by atoms with E-state index in [1.165, 1.54) is 19.2 Å². The lowest BCUT2D eigenvalue weighted by molar-refractivity contribution is 0.103. The van der Waals surface area contributed by atoms with Gasteiger partial charge in [0.15, 0.2) is 5.78 Å². The average Bonchev–Trinajstić information content (AvgIpc) is 2.40. The highest BCUT2D eigenvalue weighted by molar-refractivity contribution is 6.37. The third-order valence-corrected chi connectivity index (χ3v) is 3.30. The zero-order chi connectivity index (χ0) is 14.0. The van der Waals surface area contributed by atoms with E-state index in [1.54, 1.807) is 24.3 Å². The molecule has 19 heavy (non-hydrogen) atoms. The summed E-state index contributed by atoms with van der Waals surface area (Å²) in [5.74, 6) is 0.150. The highest BCUT2D eigenvalue weighted by atomic mass is 35.5. The summed E-state index contributed by atoms with van der Waals surface area (Å²) in [6.45, 7) is 0. The molecule has 0 bridgehead atoms. The van der Waals surface area contributed by atoms with Gasteiger partial charge in [0.2, 0.25) is 0 Å². The molecule has 2 aromatic rings. The third kappa shape index (κ3) is 2.67. The molecule has 3 nitrogen and oxygen atoms in total. The predicted molar refractivity (Wildman–Crippen MR) is 77.3 cm³/mol. The number of carbonyl (C=O) groups excluding carboxylic acids is 1. The van der Waals surface area contributed by atoms with Crippen LogP contribution in [0.15, 0.2) is 36.4 Å². The van der Waals surface area contributed by atoms with Gasteiger partial charge in [0.25, 0.3) is 0 Å². The zero-order valence-electron chi connectivity index (χ0n) is 10.1. The van der Waals surface area contributed by atoms with E-state index in [1.807, 2.05) is 0 Å². The molecule has 2 N–H and O–H groups in total. The number of ether oxygens (including phenoxy) is 1. The van der Waals surface area contributed by atoms with Crippen molar-refractivity contribution in [2.75, 3.05) is 12.8 Å². The highest BCUT2D eigenvalue weighted by Gasteiger charge is 2.17. The maximum atomic E-state index is 12.4. The molecule has 0 aliphatic heterocycles. The molecule has 0 radical (unpaired) electrons. The second-order valence-corrected chi connectivity index (χ2v) is 4.70. The van der Waals surface area contributed by atoms with E-state index in [9.17, 15) is 4.79 Å². The summed E-state index contributed by atoms with van der Waals surface area (Å²) in [6, 6.07) is 9.80. The van der Waals surface area contributed by atoms with E-state index in [0.717, 1.165) is 0 Å². The van der Waals surface area contributed by atoms with Gasteiger partial charge in [-0.15, -0.1) is 0 Å². The Bertz CT molecular complexity index is 641. The first-order chi connectivity index (χ1) is 9.04. The Morgan fingerprint density at radius 1 is 1.11 bits per heavy atom. The van der Waals surface area contributed by atoms with Gasteiger partial charge in [0.05, 0.1) is 17.2 Å². The average molecular weight is 296 g/mol. The molecule has 0 fully saturated rings. The Labute approximate surface area is 120 Å². The summed E-state index contributed by atoms with van der Waals surface area (Å²) in [6.07, 6.45) is 0. The molecule has 0 saturated heterocycles.